The van der Waals surface area contributed by atoms with Crippen molar-refractivity contribution in [2.45, 2.75) is 23.5 Å². The van der Waals surface area contributed by atoms with Gasteiger partial charge in [0.2, 0.25) is 0 Å². The number of carboxylic acids is 1. The number of hydrogen-bond acceptors (Lipinski definition) is 4. The van der Waals surface area contributed by atoms with Crippen molar-refractivity contribution in [1.29, 1.82) is 0 Å². The lowest BCUT2D eigenvalue weighted by molar-refractivity contribution is -0.149. The number of nitrogens with zero attached hydrogens (tertiary/aromatic N) is 1. The van der Waals surface area contributed by atoms with Gasteiger partial charge in [0.1, 0.15) is 4.21 Å². The van der Waals surface area contributed by atoms with Crippen LogP contribution in [0.1, 0.15) is 19.3 Å². The lowest BCUT2D eigenvalue weighted by atomic mass is 9.81. The van der Waals surface area contributed by atoms with Crippen LogP contribution in [0.2, 0.25) is 0 Å². The molecule has 0 aromatic carbocycles. The molecule has 2 fully saturated rings. The topological polar surface area (TPSA) is 74.7 Å². The highest BCUT2D eigenvalue weighted by atomic mass is 79.9. The molecule has 1 aliphatic carbocycles. The molecule has 1 aliphatic heterocycles. The monoisotopic (exact) mass is 379 g/mol. The van der Waals surface area contributed by atoms with Crippen LogP contribution in [-0.4, -0.2) is 36.9 Å². The zero-order valence-corrected chi connectivity index (χ0v) is 13.8. The molecule has 2 heterocycles. The van der Waals surface area contributed by atoms with Crippen LogP contribution in [0.4, 0.5) is 0 Å². The molecular formula is C12H14BrNO4S2. The van der Waals surface area contributed by atoms with E-state index >= 15 is 0 Å². The third kappa shape index (κ3) is 1.96. The van der Waals surface area contributed by atoms with Gasteiger partial charge in [0.25, 0.3) is 10.0 Å². The molecule has 0 unspecified atom stereocenters. The van der Waals surface area contributed by atoms with Crippen LogP contribution in [0.3, 0.4) is 0 Å². The second kappa shape index (κ2) is 4.79. The maximum absolute atomic E-state index is 12.6. The lowest BCUT2D eigenvalue weighted by Crippen LogP contribution is -2.37. The molecule has 0 radical (unpaired) electrons. The summed E-state index contributed by atoms with van der Waals surface area (Å²) in [6, 6.07) is 1.70. The van der Waals surface area contributed by atoms with E-state index in [1.54, 1.807) is 11.4 Å². The molecule has 1 saturated carbocycles. The van der Waals surface area contributed by atoms with Gasteiger partial charge in [0.05, 0.1) is 5.41 Å². The fourth-order valence-electron chi connectivity index (χ4n) is 3.36. The summed E-state index contributed by atoms with van der Waals surface area (Å²) in [5.41, 5.74) is -0.878. The average molecular weight is 380 g/mol. The maximum Gasteiger partial charge on any atom is 0.311 e. The van der Waals surface area contributed by atoms with E-state index in [9.17, 15) is 18.3 Å². The molecule has 1 aromatic heterocycles. The second-order valence-corrected chi connectivity index (χ2v) is 9.31. The SMILES string of the molecule is O=C(O)[C@@]12CCC[C@H]1CN(S(=O)(=O)c1sccc1Br)C2. The molecule has 0 spiro atoms. The highest BCUT2D eigenvalue weighted by molar-refractivity contribution is 9.10. The fourth-order valence-corrected chi connectivity index (χ4v) is 7.36. The van der Waals surface area contributed by atoms with Crippen LogP contribution in [0.15, 0.2) is 20.1 Å². The first kappa shape index (κ1) is 14.5. The van der Waals surface area contributed by atoms with E-state index in [4.69, 9.17) is 0 Å². The van der Waals surface area contributed by atoms with Crippen molar-refractivity contribution in [3.63, 3.8) is 0 Å². The van der Waals surface area contributed by atoms with Crippen molar-refractivity contribution < 1.29 is 18.3 Å². The number of halogens is 1. The van der Waals surface area contributed by atoms with Crippen molar-refractivity contribution in [2.75, 3.05) is 13.1 Å². The average Bonchev–Trinajstić information content (AvgIpc) is 3.00. The van der Waals surface area contributed by atoms with Crippen LogP contribution < -0.4 is 0 Å². The molecule has 1 N–H and O–H groups in total. The van der Waals surface area contributed by atoms with Gasteiger partial charge >= 0.3 is 5.97 Å². The number of sulfonamides is 1. The Bertz CT molecular complexity index is 656. The summed E-state index contributed by atoms with van der Waals surface area (Å²) in [7, 11) is -3.60. The minimum atomic E-state index is -3.60. The first-order valence-corrected chi connectivity index (χ1v) is 9.46. The van der Waals surface area contributed by atoms with Crippen molar-refractivity contribution >= 4 is 43.3 Å². The Morgan fingerprint density at radius 1 is 1.55 bits per heavy atom. The summed E-state index contributed by atoms with van der Waals surface area (Å²) in [6.45, 7) is 0.415. The number of thiophene rings is 1. The van der Waals surface area contributed by atoms with Gasteiger partial charge < -0.3 is 5.11 Å². The Hall–Kier alpha value is -0.440. The van der Waals surface area contributed by atoms with Crippen molar-refractivity contribution in [3.8, 4) is 0 Å². The Morgan fingerprint density at radius 2 is 2.30 bits per heavy atom. The van der Waals surface area contributed by atoms with Gasteiger partial charge in [0.15, 0.2) is 0 Å². The normalized spacial score (nSPS) is 30.6. The van der Waals surface area contributed by atoms with Crippen molar-refractivity contribution in [2.24, 2.45) is 11.3 Å². The molecule has 2 aliphatic rings. The summed E-state index contributed by atoms with van der Waals surface area (Å²) < 4.78 is 27.4. The Kier molecular flexibility index (Phi) is 3.47. The number of aliphatic carboxylic acids is 1. The van der Waals surface area contributed by atoms with Gasteiger partial charge in [0, 0.05) is 17.6 Å². The second-order valence-electron chi connectivity index (χ2n) is 5.40. The number of hydrogen-bond donors (Lipinski definition) is 1. The number of carbonyl (C=O) groups is 1. The third-order valence-electron chi connectivity index (χ3n) is 4.42. The zero-order valence-electron chi connectivity index (χ0n) is 10.6. The van der Waals surface area contributed by atoms with E-state index in [1.165, 1.54) is 4.31 Å². The Labute approximate surface area is 129 Å². The van der Waals surface area contributed by atoms with Crippen LogP contribution in [0.5, 0.6) is 0 Å². The molecule has 110 valence electrons. The molecule has 3 rings (SSSR count). The maximum atomic E-state index is 12.6. The predicted octanol–water partition coefficient (Wildman–Crippen LogP) is 2.39. The summed E-state index contributed by atoms with van der Waals surface area (Å²) in [6.07, 6.45) is 2.24. The number of rotatable bonds is 3. The summed E-state index contributed by atoms with van der Waals surface area (Å²) in [5, 5.41) is 11.2. The summed E-state index contributed by atoms with van der Waals surface area (Å²) in [4.78, 5) is 11.6. The summed E-state index contributed by atoms with van der Waals surface area (Å²) >= 11 is 4.40. The van der Waals surface area contributed by atoms with E-state index in [0.717, 1.165) is 24.2 Å². The predicted molar refractivity (Wildman–Crippen MR) is 78.2 cm³/mol. The fraction of sp³-hybridized carbons (Fsp3) is 0.583. The van der Waals surface area contributed by atoms with Gasteiger partial charge in [-0.05, 0) is 46.1 Å². The quantitative estimate of drug-likeness (QED) is 0.874. The molecule has 8 heteroatoms. The van der Waals surface area contributed by atoms with E-state index < -0.39 is 21.4 Å². The number of fused-ring (bicyclic) bond motifs is 1. The van der Waals surface area contributed by atoms with Crippen molar-refractivity contribution in [1.82, 2.24) is 4.31 Å². The first-order valence-electron chi connectivity index (χ1n) is 6.34. The first-order chi connectivity index (χ1) is 9.38. The highest BCUT2D eigenvalue weighted by Crippen LogP contribution is 2.50. The molecule has 0 bridgehead atoms. The third-order valence-corrected chi connectivity index (χ3v) is 8.88. The van der Waals surface area contributed by atoms with Gasteiger partial charge in [-0.1, -0.05) is 6.42 Å². The van der Waals surface area contributed by atoms with Crippen LogP contribution in [0.25, 0.3) is 0 Å². The van der Waals surface area contributed by atoms with E-state index in [1.807, 2.05) is 0 Å². The molecule has 0 amide bonds. The minimum Gasteiger partial charge on any atom is -0.481 e. The molecule has 1 saturated heterocycles. The van der Waals surface area contributed by atoms with Crippen LogP contribution in [-0.2, 0) is 14.8 Å². The Morgan fingerprint density at radius 3 is 2.85 bits per heavy atom. The van der Waals surface area contributed by atoms with E-state index in [-0.39, 0.29) is 16.7 Å². The van der Waals surface area contributed by atoms with Crippen LogP contribution in [0, 0.1) is 11.3 Å². The smallest absolute Gasteiger partial charge is 0.311 e. The highest BCUT2D eigenvalue weighted by Gasteiger charge is 2.57. The standard InChI is InChI=1S/C12H14BrNO4S2/c13-9-3-5-19-10(9)20(17,18)14-6-8-2-1-4-12(8,7-14)11(15)16/h3,5,8H,1-2,4,6-7H2,(H,15,16)/t8-,12+/m0/s1. The minimum absolute atomic E-state index is 0.0616. The van der Waals surface area contributed by atoms with E-state index in [0.29, 0.717) is 17.4 Å². The largest absolute Gasteiger partial charge is 0.481 e. The van der Waals surface area contributed by atoms with Gasteiger partial charge in [-0.2, -0.15) is 4.31 Å². The number of carboxylic acid groups (broad SMARTS) is 1. The van der Waals surface area contributed by atoms with E-state index in [2.05, 4.69) is 15.9 Å². The molecular weight excluding hydrogens is 366 g/mol. The summed E-state index contributed by atoms with van der Waals surface area (Å²) in [5.74, 6) is -0.920. The van der Waals surface area contributed by atoms with Gasteiger partial charge in [-0.3, -0.25) is 4.79 Å². The van der Waals surface area contributed by atoms with Crippen molar-refractivity contribution in [3.05, 3.63) is 15.9 Å². The molecule has 20 heavy (non-hydrogen) atoms. The lowest BCUT2D eigenvalue weighted by Gasteiger charge is -2.23. The van der Waals surface area contributed by atoms with Gasteiger partial charge in [-0.15, -0.1) is 11.3 Å². The zero-order chi connectivity index (χ0) is 14.5. The molecule has 5 nitrogen and oxygen atoms in total. The van der Waals surface area contributed by atoms with Crippen LogP contribution >= 0.6 is 27.3 Å². The Balaban J connectivity index is 1.95. The molecule has 1 aromatic rings. The molecule has 2 atom stereocenters. The van der Waals surface area contributed by atoms with Gasteiger partial charge in [-0.25, -0.2) is 8.42 Å².